The fourth-order valence-corrected chi connectivity index (χ4v) is 2.11. The number of aromatic nitrogens is 2. The van der Waals surface area contributed by atoms with E-state index in [0.717, 1.165) is 0 Å². The fraction of sp³-hybridized carbons (Fsp3) is 0.600. The van der Waals surface area contributed by atoms with Crippen LogP contribution in [0, 0.1) is 0 Å². The van der Waals surface area contributed by atoms with Gasteiger partial charge in [-0.1, -0.05) is 0 Å². The molecule has 1 aliphatic rings. The van der Waals surface area contributed by atoms with Crippen molar-refractivity contribution in [3.63, 3.8) is 0 Å². The number of H-pyrrole nitrogens is 2. The number of nitrogens with one attached hydrogen (secondary N) is 2. The van der Waals surface area contributed by atoms with Crippen molar-refractivity contribution in [1.82, 2.24) is 9.97 Å². The minimum absolute atomic E-state index is 0.270. The first-order valence-electron chi connectivity index (χ1n) is 5.62. The molecule has 0 spiro atoms. The molecule has 1 aromatic rings. The standard InChI is InChI=1S/C10H11F3N2O5/c11-10(12,13)6-7(14-9(19)15-8(6)18)4-1-3(17)5(2-16)20-4/h3-5,16-17H,1-2H2,(H2,14,15,18,19). The molecule has 4 N–H and O–H groups in total. The first-order valence-corrected chi connectivity index (χ1v) is 5.62. The van der Waals surface area contributed by atoms with Crippen LogP contribution in [-0.4, -0.2) is 39.0 Å². The number of hydrogen-bond donors (Lipinski definition) is 4. The number of rotatable bonds is 2. The molecule has 0 radical (unpaired) electrons. The maximum atomic E-state index is 12.9. The van der Waals surface area contributed by atoms with Crippen molar-refractivity contribution in [2.75, 3.05) is 6.61 Å². The summed E-state index contributed by atoms with van der Waals surface area (Å²) in [4.78, 5) is 25.8. The number of ether oxygens (including phenoxy) is 1. The third-order valence-corrected chi connectivity index (χ3v) is 2.98. The van der Waals surface area contributed by atoms with Crippen molar-refractivity contribution >= 4 is 0 Å². The van der Waals surface area contributed by atoms with Crippen LogP contribution >= 0.6 is 0 Å². The van der Waals surface area contributed by atoms with Crippen molar-refractivity contribution in [3.8, 4) is 0 Å². The summed E-state index contributed by atoms with van der Waals surface area (Å²) in [5.74, 6) is 0. The SMILES string of the molecule is O=c1[nH]c(C2CC(O)C(CO)O2)c(C(F)(F)F)c(=O)[nH]1. The van der Waals surface area contributed by atoms with Gasteiger partial charge in [0, 0.05) is 6.42 Å². The Morgan fingerprint density at radius 2 is 1.95 bits per heavy atom. The molecule has 1 fully saturated rings. The summed E-state index contributed by atoms with van der Waals surface area (Å²) in [6.45, 7) is -0.591. The summed E-state index contributed by atoms with van der Waals surface area (Å²) in [7, 11) is 0. The second-order valence-electron chi connectivity index (χ2n) is 4.34. The lowest BCUT2D eigenvalue weighted by Crippen LogP contribution is -2.33. The molecule has 0 bridgehead atoms. The van der Waals surface area contributed by atoms with Crippen molar-refractivity contribution in [2.45, 2.75) is 30.9 Å². The summed E-state index contributed by atoms with van der Waals surface area (Å²) in [6, 6.07) is 0. The lowest BCUT2D eigenvalue weighted by atomic mass is 10.1. The van der Waals surface area contributed by atoms with E-state index < -0.39 is 53.6 Å². The summed E-state index contributed by atoms with van der Waals surface area (Å²) in [5, 5.41) is 18.4. The van der Waals surface area contributed by atoms with Crippen LogP contribution in [-0.2, 0) is 10.9 Å². The lowest BCUT2D eigenvalue weighted by molar-refractivity contribution is -0.141. The zero-order valence-corrected chi connectivity index (χ0v) is 9.90. The molecule has 0 aromatic carbocycles. The van der Waals surface area contributed by atoms with Gasteiger partial charge in [0.2, 0.25) is 0 Å². The van der Waals surface area contributed by atoms with Gasteiger partial charge in [-0.05, 0) is 0 Å². The van der Waals surface area contributed by atoms with Crippen LogP contribution in [0.4, 0.5) is 13.2 Å². The Hall–Kier alpha value is -1.65. The predicted octanol–water partition coefficient (Wildman–Crippen LogP) is -0.735. The van der Waals surface area contributed by atoms with E-state index in [2.05, 4.69) is 0 Å². The number of aliphatic hydroxyl groups excluding tert-OH is 2. The van der Waals surface area contributed by atoms with E-state index >= 15 is 0 Å². The van der Waals surface area contributed by atoms with Gasteiger partial charge in [-0.2, -0.15) is 13.2 Å². The third kappa shape index (κ3) is 2.62. The van der Waals surface area contributed by atoms with Crippen molar-refractivity contribution in [3.05, 3.63) is 32.1 Å². The minimum atomic E-state index is -4.99. The van der Waals surface area contributed by atoms with E-state index in [0.29, 0.717) is 0 Å². The van der Waals surface area contributed by atoms with Gasteiger partial charge >= 0.3 is 11.9 Å². The topological polar surface area (TPSA) is 115 Å². The third-order valence-electron chi connectivity index (χ3n) is 2.98. The Labute approximate surface area is 109 Å². The monoisotopic (exact) mass is 296 g/mol. The average Bonchev–Trinajstić information content (AvgIpc) is 2.67. The molecule has 2 rings (SSSR count). The summed E-state index contributed by atoms with van der Waals surface area (Å²) in [6.07, 6.45) is -8.83. The number of aliphatic hydroxyl groups is 2. The Bertz CT molecular complexity index is 608. The van der Waals surface area contributed by atoms with Crippen LogP contribution in [0.1, 0.15) is 23.8 Å². The second-order valence-corrected chi connectivity index (χ2v) is 4.34. The summed E-state index contributed by atoms with van der Waals surface area (Å²) in [5.41, 5.74) is -5.01. The Kier molecular flexibility index (Phi) is 3.71. The number of aromatic amines is 2. The highest BCUT2D eigenvalue weighted by Crippen LogP contribution is 2.37. The second kappa shape index (κ2) is 5.04. The zero-order valence-electron chi connectivity index (χ0n) is 9.90. The average molecular weight is 296 g/mol. The van der Waals surface area contributed by atoms with E-state index in [1.54, 1.807) is 0 Å². The van der Waals surface area contributed by atoms with Gasteiger partial charge in [-0.3, -0.25) is 9.78 Å². The lowest BCUT2D eigenvalue weighted by Gasteiger charge is -2.16. The highest BCUT2D eigenvalue weighted by Gasteiger charge is 2.43. The highest BCUT2D eigenvalue weighted by molar-refractivity contribution is 5.23. The molecule has 1 aromatic heterocycles. The van der Waals surface area contributed by atoms with E-state index in [-0.39, 0.29) is 6.42 Å². The fourth-order valence-electron chi connectivity index (χ4n) is 2.11. The molecule has 1 saturated heterocycles. The molecule has 10 heteroatoms. The van der Waals surface area contributed by atoms with Gasteiger partial charge in [0.05, 0.1) is 18.4 Å². The maximum Gasteiger partial charge on any atom is 0.423 e. The number of hydrogen-bond acceptors (Lipinski definition) is 5. The molecule has 3 atom stereocenters. The van der Waals surface area contributed by atoms with Crippen molar-refractivity contribution in [2.24, 2.45) is 0 Å². The maximum absolute atomic E-state index is 12.9. The molecule has 20 heavy (non-hydrogen) atoms. The Morgan fingerprint density at radius 3 is 2.45 bits per heavy atom. The molecule has 2 heterocycles. The summed E-state index contributed by atoms with van der Waals surface area (Å²) < 4.78 is 43.6. The van der Waals surface area contributed by atoms with E-state index in [1.165, 1.54) is 4.98 Å². The molecule has 0 saturated carbocycles. The van der Waals surface area contributed by atoms with Crippen molar-refractivity contribution < 1.29 is 28.1 Å². The Balaban J connectivity index is 2.52. The molecular weight excluding hydrogens is 285 g/mol. The van der Waals surface area contributed by atoms with Crippen molar-refractivity contribution in [1.29, 1.82) is 0 Å². The van der Waals surface area contributed by atoms with Crippen LogP contribution in [0.15, 0.2) is 9.59 Å². The van der Waals surface area contributed by atoms with Crippen LogP contribution in [0.3, 0.4) is 0 Å². The van der Waals surface area contributed by atoms with Gasteiger partial charge in [-0.15, -0.1) is 0 Å². The summed E-state index contributed by atoms with van der Waals surface area (Å²) >= 11 is 0. The normalized spacial score (nSPS) is 26.9. The van der Waals surface area contributed by atoms with E-state index in [1.807, 2.05) is 4.98 Å². The van der Waals surface area contributed by atoms with E-state index in [4.69, 9.17) is 9.84 Å². The van der Waals surface area contributed by atoms with Gasteiger partial charge in [0.25, 0.3) is 5.56 Å². The molecule has 1 aliphatic heterocycles. The first-order chi connectivity index (χ1) is 9.24. The predicted molar refractivity (Wildman–Crippen MR) is 58.0 cm³/mol. The molecule has 7 nitrogen and oxygen atoms in total. The van der Waals surface area contributed by atoms with Crippen LogP contribution in [0.25, 0.3) is 0 Å². The van der Waals surface area contributed by atoms with Crippen LogP contribution in [0.5, 0.6) is 0 Å². The minimum Gasteiger partial charge on any atom is -0.394 e. The largest absolute Gasteiger partial charge is 0.423 e. The molecule has 112 valence electrons. The van der Waals surface area contributed by atoms with Crippen LogP contribution < -0.4 is 11.2 Å². The Morgan fingerprint density at radius 1 is 1.30 bits per heavy atom. The molecule has 0 amide bonds. The van der Waals surface area contributed by atoms with Gasteiger partial charge in [-0.25, -0.2) is 4.79 Å². The quantitative estimate of drug-likeness (QED) is 0.574. The van der Waals surface area contributed by atoms with Gasteiger partial charge in [0.1, 0.15) is 17.8 Å². The highest BCUT2D eigenvalue weighted by atomic mass is 19.4. The zero-order chi connectivity index (χ0) is 15.1. The first kappa shape index (κ1) is 14.8. The number of alkyl halides is 3. The van der Waals surface area contributed by atoms with Gasteiger partial charge < -0.3 is 19.9 Å². The molecule has 3 unspecified atom stereocenters. The smallest absolute Gasteiger partial charge is 0.394 e. The van der Waals surface area contributed by atoms with Crippen LogP contribution in [0.2, 0.25) is 0 Å². The molecule has 0 aliphatic carbocycles. The van der Waals surface area contributed by atoms with E-state index in [9.17, 15) is 27.9 Å². The van der Waals surface area contributed by atoms with Gasteiger partial charge in [0.15, 0.2) is 0 Å². The number of halogens is 3. The molecular formula is C10H11F3N2O5.